The van der Waals surface area contributed by atoms with Crippen molar-refractivity contribution in [3.05, 3.63) is 59.4 Å². The Kier molecular flexibility index (Phi) is 6.26. The molecule has 7 heteroatoms. The van der Waals surface area contributed by atoms with Crippen LogP contribution in [0.5, 0.6) is 11.5 Å². The third-order valence-electron chi connectivity index (χ3n) is 4.16. The summed E-state index contributed by atoms with van der Waals surface area (Å²) in [6, 6.07) is 11.8. The van der Waals surface area contributed by atoms with Crippen molar-refractivity contribution >= 4 is 18.3 Å². The van der Waals surface area contributed by atoms with Gasteiger partial charge in [0, 0.05) is 6.61 Å². The highest BCUT2D eigenvalue weighted by molar-refractivity contribution is 6.59. The molecule has 1 aliphatic rings. The molecular formula is C19H20BNO5. The van der Waals surface area contributed by atoms with Gasteiger partial charge in [0.15, 0.2) is 12.0 Å². The van der Waals surface area contributed by atoms with Crippen LogP contribution in [0.15, 0.2) is 42.5 Å². The van der Waals surface area contributed by atoms with Gasteiger partial charge in [0.2, 0.25) is 0 Å². The van der Waals surface area contributed by atoms with Gasteiger partial charge in [-0.15, -0.1) is 0 Å². The van der Waals surface area contributed by atoms with Gasteiger partial charge in [-0.2, -0.15) is 0 Å². The first-order valence-electron chi connectivity index (χ1n) is 8.53. The molecule has 0 spiro atoms. The molecule has 0 radical (unpaired) electrons. The fourth-order valence-corrected chi connectivity index (χ4v) is 2.77. The quantitative estimate of drug-likeness (QED) is 0.617. The van der Waals surface area contributed by atoms with Crippen LogP contribution in [-0.4, -0.2) is 30.1 Å². The lowest BCUT2D eigenvalue weighted by Gasteiger charge is -2.23. The van der Waals surface area contributed by atoms with Crippen molar-refractivity contribution in [3.8, 4) is 11.5 Å². The molecule has 1 fully saturated rings. The van der Waals surface area contributed by atoms with Crippen LogP contribution >= 0.6 is 0 Å². The Balaban J connectivity index is 1.73. The second-order valence-electron chi connectivity index (χ2n) is 6.05. The van der Waals surface area contributed by atoms with Gasteiger partial charge in [0.25, 0.3) is 0 Å². The number of benzene rings is 2. The van der Waals surface area contributed by atoms with Crippen molar-refractivity contribution in [2.45, 2.75) is 32.2 Å². The van der Waals surface area contributed by atoms with Crippen LogP contribution in [0.2, 0.25) is 0 Å². The molecule has 0 aliphatic carbocycles. The van der Waals surface area contributed by atoms with Crippen LogP contribution in [0.25, 0.3) is 4.85 Å². The fraction of sp³-hybridized carbons (Fsp3) is 0.316. The molecule has 1 saturated heterocycles. The van der Waals surface area contributed by atoms with Crippen molar-refractivity contribution in [1.82, 2.24) is 0 Å². The molecule has 3 rings (SSSR count). The zero-order chi connectivity index (χ0) is 18.4. The van der Waals surface area contributed by atoms with Crippen LogP contribution in [0, 0.1) is 6.57 Å². The zero-order valence-corrected chi connectivity index (χ0v) is 14.3. The largest absolute Gasteiger partial charge is 0.488 e. The van der Waals surface area contributed by atoms with Crippen LogP contribution in [0.3, 0.4) is 0 Å². The highest BCUT2D eigenvalue weighted by Crippen LogP contribution is 2.25. The molecule has 0 amide bonds. The van der Waals surface area contributed by atoms with Gasteiger partial charge >= 0.3 is 7.12 Å². The summed E-state index contributed by atoms with van der Waals surface area (Å²) in [6.45, 7) is 7.85. The van der Waals surface area contributed by atoms with Gasteiger partial charge < -0.3 is 24.3 Å². The normalized spacial score (nSPS) is 16.7. The molecular weight excluding hydrogens is 333 g/mol. The Morgan fingerprint density at radius 1 is 1.12 bits per heavy atom. The summed E-state index contributed by atoms with van der Waals surface area (Å²) < 4.78 is 17.1. The fourth-order valence-electron chi connectivity index (χ4n) is 2.77. The van der Waals surface area contributed by atoms with E-state index in [2.05, 4.69) is 4.85 Å². The molecule has 1 heterocycles. The van der Waals surface area contributed by atoms with E-state index in [-0.39, 0.29) is 12.9 Å². The molecule has 1 aliphatic heterocycles. The maximum atomic E-state index is 9.58. The minimum atomic E-state index is -1.59. The maximum absolute atomic E-state index is 9.58. The second-order valence-corrected chi connectivity index (χ2v) is 6.05. The Morgan fingerprint density at radius 3 is 2.54 bits per heavy atom. The van der Waals surface area contributed by atoms with E-state index >= 15 is 0 Å². The van der Waals surface area contributed by atoms with Gasteiger partial charge in [-0.25, -0.2) is 4.85 Å². The Bertz CT molecular complexity index is 766. The summed E-state index contributed by atoms with van der Waals surface area (Å²) in [7, 11) is -1.59. The third-order valence-corrected chi connectivity index (χ3v) is 4.16. The lowest BCUT2D eigenvalue weighted by Crippen LogP contribution is -2.34. The van der Waals surface area contributed by atoms with Crippen molar-refractivity contribution in [1.29, 1.82) is 0 Å². The van der Waals surface area contributed by atoms with Crippen LogP contribution in [0.1, 0.15) is 24.8 Å². The molecule has 2 aromatic carbocycles. The highest BCUT2D eigenvalue weighted by Gasteiger charge is 2.19. The van der Waals surface area contributed by atoms with Crippen LogP contribution < -0.4 is 10.2 Å². The van der Waals surface area contributed by atoms with E-state index < -0.39 is 7.12 Å². The van der Waals surface area contributed by atoms with Gasteiger partial charge in [-0.05, 0) is 54.6 Å². The molecule has 134 valence electrons. The van der Waals surface area contributed by atoms with Gasteiger partial charge in [-0.3, -0.25) is 0 Å². The smallest absolute Gasteiger partial charge is 0.457 e. The molecule has 0 bridgehead atoms. The summed E-state index contributed by atoms with van der Waals surface area (Å²) in [5, 5.41) is 19.2. The number of ether oxygens (including phenoxy) is 3. The number of hydrogen-bond acceptors (Lipinski definition) is 5. The topological polar surface area (TPSA) is 72.5 Å². The molecule has 1 unspecified atom stereocenters. The highest BCUT2D eigenvalue weighted by atomic mass is 16.7. The van der Waals surface area contributed by atoms with E-state index in [1.165, 1.54) is 0 Å². The first-order valence-corrected chi connectivity index (χ1v) is 8.53. The molecule has 26 heavy (non-hydrogen) atoms. The minimum Gasteiger partial charge on any atom is -0.457 e. The van der Waals surface area contributed by atoms with Crippen LogP contribution in [-0.2, 0) is 16.1 Å². The number of nitrogens with zero attached hydrogens (tertiary/aromatic N) is 1. The first kappa shape index (κ1) is 18.4. The molecule has 1 atom stereocenters. The first-order chi connectivity index (χ1) is 12.7. The predicted molar refractivity (Wildman–Crippen MR) is 97.4 cm³/mol. The summed E-state index contributed by atoms with van der Waals surface area (Å²) >= 11 is 0. The molecule has 2 aromatic rings. The summed E-state index contributed by atoms with van der Waals surface area (Å²) in [5.41, 5.74) is 1.54. The van der Waals surface area contributed by atoms with E-state index in [1.54, 1.807) is 42.5 Å². The third kappa shape index (κ3) is 4.84. The van der Waals surface area contributed by atoms with E-state index in [9.17, 15) is 10.0 Å². The van der Waals surface area contributed by atoms with E-state index in [4.69, 9.17) is 20.8 Å². The van der Waals surface area contributed by atoms with Crippen molar-refractivity contribution in [3.63, 3.8) is 0 Å². The second kappa shape index (κ2) is 8.83. The Labute approximate surface area is 152 Å². The molecule has 0 saturated carbocycles. The number of rotatable bonds is 6. The number of hydrogen-bond donors (Lipinski definition) is 2. The van der Waals surface area contributed by atoms with E-state index in [1.807, 2.05) is 0 Å². The average molecular weight is 353 g/mol. The standard InChI is InChI=1S/C19H20BNO5/c1-21-15-5-7-16(8-6-15)26-17-9-10-18(20(22)23)14(12-17)13-25-19-4-2-3-11-24-19/h5-10,12,19,22-23H,2-4,11,13H2. The molecule has 6 nitrogen and oxygen atoms in total. The average Bonchev–Trinajstić information content (AvgIpc) is 2.68. The van der Waals surface area contributed by atoms with Crippen LogP contribution in [0.4, 0.5) is 5.69 Å². The Morgan fingerprint density at radius 2 is 1.88 bits per heavy atom. The lowest BCUT2D eigenvalue weighted by molar-refractivity contribution is -0.168. The van der Waals surface area contributed by atoms with Crippen molar-refractivity contribution in [2.24, 2.45) is 0 Å². The Hall–Kier alpha value is -2.37. The zero-order valence-electron chi connectivity index (χ0n) is 14.3. The van der Waals surface area contributed by atoms with Gasteiger partial charge in [0.1, 0.15) is 11.5 Å². The maximum Gasteiger partial charge on any atom is 0.488 e. The predicted octanol–water partition coefficient (Wildman–Crippen LogP) is 2.75. The van der Waals surface area contributed by atoms with Gasteiger partial charge in [0.05, 0.1) is 13.2 Å². The minimum absolute atomic E-state index is 0.200. The van der Waals surface area contributed by atoms with Crippen molar-refractivity contribution < 1.29 is 24.3 Å². The lowest BCUT2D eigenvalue weighted by atomic mass is 9.77. The summed E-state index contributed by atoms with van der Waals surface area (Å²) in [5.74, 6) is 1.14. The van der Waals surface area contributed by atoms with E-state index in [0.717, 1.165) is 19.3 Å². The SMILES string of the molecule is [C-]#[N+]c1ccc(Oc2ccc(B(O)O)c(COC3CCCCO3)c2)cc1. The van der Waals surface area contributed by atoms with Crippen molar-refractivity contribution in [2.75, 3.05) is 6.61 Å². The van der Waals surface area contributed by atoms with Gasteiger partial charge in [-0.1, -0.05) is 18.2 Å². The summed E-state index contributed by atoms with van der Waals surface area (Å²) in [6.07, 6.45) is 2.67. The molecule has 0 aromatic heterocycles. The summed E-state index contributed by atoms with van der Waals surface area (Å²) in [4.78, 5) is 3.34. The molecule has 2 N–H and O–H groups in total. The monoisotopic (exact) mass is 353 g/mol. The van der Waals surface area contributed by atoms with E-state index in [0.29, 0.717) is 34.8 Å².